The van der Waals surface area contributed by atoms with E-state index in [1.165, 1.54) is 18.2 Å². The van der Waals surface area contributed by atoms with E-state index in [0.29, 0.717) is 21.2 Å². The molecule has 2 unspecified atom stereocenters. The van der Waals surface area contributed by atoms with E-state index >= 15 is 0 Å². The Morgan fingerprint density at radius 3 is 2.62 bits per heavy atom. The van der Waals surface area contributed by atoms with Crippen LogP contribution in [-0.4, -0.2) is 24.1 Å². The van der Waals surface area contributed by atoms with Crippen molar-refractivity contribution in [1.82, 2.24) is 4.90 Å². The molecular weight excluding hydrogens is 352 g/mol. The quantitative estimate of drug-likeness (QED) is 0.740. The van der Waals surface area contributed by atoms with Crippen LogP contribution in [0.25, 0.3) is 0 Å². The first-order chi connectivity index (χ1) is 11.4. The molecule has 1 amide bonds. The van der Waals surface area contributed by atoms with Gasteiger partial charge < -0.3 is 9.69 Å². The van der Waals surface area contributed by atoms with E-state index in [2.05, 4.69) is 0 Å². The Labute approximate surface area is 149 Å². The number of nitrogens with zero attached hydrogens (tertiary/aromatic N) is 1. The Balaban J connectivity index is 2.12. The predicted molar refractivity (Wildman–Crippen MR) is 91.1 cm³/mol. The summed E-state index contributed by atoms with van der Waals surface area (Å²) >= 11 is 12.1. The van der Waals surface area contributed by atoms with E-state index in [4.69, 9.17) is 23.2 Å². The van der Waals surface area contributed by atoms with Gasteiger partial charge in [-0.05, 0) is 41.5 Å². The molecule has 0 bridgehead atoms. The summed E-state index contributed by atoms with van der Waals surface area (Å²) in [6, 6.07) is 8.78. The molecule has 3 nitrogen and oxygen atoms in total. The van der Waals surface area contributed by atoms with Crippen molar-refractivity contribution in [2.24, 2.45) is 0 Å². The number of fused-ring (bicyclic) bond motifs is 1. The fourth-order valence-electron chi connectivity index (χ4n) is 3.28. The van der Waals surface area contributed by atoms with Crippen LogP contribution in [0, 0.1) is 5.82 Å². The van der Waals surface area contributed by atoms with Crippen molar-refractivity contribution < 1.29 is 14.0 Å². The second kappa shape index (κ2) is 6.54. The van der Waals surface area contributed by atoms with Crippen LogP contribution in [0.5, 0.6) is 0 Å². The first-order valence-electron chi connectivity index (χ1n) is 7.39. The molecule has 0 radical (unpaired) electrons. The largest absolute Gasteiger partial charge is 0.334 e. The number of benzene rings is 2. The maximum absolute atomic E-state index is 13.7. The van der Waals surface area contributed by atoms with Crippen molar-refractivity contribution in [2.45, 2.75) is 18.4 Å². The van der Waals surface area contributed by atoms with Gasteiger partial charge in [0.25, 0.3) is 5.91 Å². The van der Waals surface area contributed by atoms with E-state index in [0.717, 1.165) is 11.8 Å². The van der Waals surface area contributed by atoms with Gasteiger partial charge in [0, 0.05) is 24.9 Å². The minimum Gasteiger partial charge on any atom is -0.334 e. The third kappa shape index (κ3) is 2.80. The second-order valence-corrected chi connectivity index (χ2v) is 6.59. The molecule has 1 heterocycles. The first kappa shape index (κ1) is 16.9. The minimum atomic E-state index is -0.439. The number of aldehydes is 1. The van der Waals surface area contributed by atoms with E-state index in [9.17, 15) is 14.0 Å². The van der Waals surface area contributed by atoms with E-state index in [1.807, 2.05) is 0 Å². The molecule has 0 saturated heterocycles. The van der Waals surface area contributed by atoms with Crippen molar-refractivity contribution in [3.8, 4) is 0 Å². The molecule has 2 aromatic carbocycles. The number of hydrogen-bond donors (Lipinski definition) is 0. The number of likely N-dealkylation sites (N-methyl/N-ethyl adjacent to an activating group) is 1. The fraction of sp³-hybridized carbons (Fsp3) is 0.222. The average molecular weight is 366 g/mol. The van der Waals surface area contributed by atoms with Crippen LogP contribution in [0.2, 0.25) is 10.0 Å². The van der Waals surface area contributed by atoms with Crippen LogP contribution in [0.1, 0.15) is 39.9 Å². The van der Waals surface area contributed by atoms with Crippen LogP contribution in [0.4, 0.5) is 4.39 Å². The van der Waals surface area contributed by atoms with Crippen LogP contribution in [0.3, 0.4) is 0 Å². The fourth-order valence-corrected chi connectivity index (χ4v) is 3.59. The van der Waals surface area contributed by atoms with E-state index in [1.54, 1.807) is 30.1 Å². The molecule has 0 saturated carbocycles. The molecule has 24 heavy (non-hydrogen) atoms. The van der Waals surface area contributed by atoms with Gasteiger partial charge in [-0.1, -0.05) is 29.3 Å². The normalized spacial score (nSPS) is 17.8. The number of halogens is 3. The third-order valence-electron chi connectivity index (χ3n) is 4.40. The number of hydrogen-bond acceptors (Lipinski definition) is 2. The van der Waals surface area contributed by atoms with Crippen LogP contribution < -0.4 is 0 Å². The monoisotopic (exact) mass is 365 g/mol. The lowest BCUT2D eigenvalue weighted by atomic mass is 9.85. The lowest BCUT2D eigenvalue weighted by molar-refractivity contribution is -0.108. The molecular formula is C18H14Cl2FNO2. The molecule has 0 fully saturated rings. The van der Waals surface area contributed by atoms with Gasteiger partial charge >= 0.3 is 0 Å². The number of rotatable bonds is 4. The van der Waals surface area contributed by atoms with Gasteiger partial charge in [-0.3, -0.25) is 4.79 Å². The van der Waals surface area contributed by atoms with Gasteiger partial charge in [0.1, 0.15) is 12.1 Å². The standard InChI is InChI=1S/C18H14Cl2FNO2/c1-22-17(14-9-11(21)3-4-13(14)18(22)24)12(6-7-23)10-2-5-15(19)16(20)8-10/h2-5,7-9,12,17H,6H2,1H3. The van der Waals surface area contributed by atoms with Crippen molar-refractivity contribution in [3.63, 3.8) is 0 Å². The molecule has 0 aliphatic carbocycles. The number of carbonyl (C=O) groups excluding carboxylic acids is 2. The van der Waals surface area contributed by atoms with Crippen molar-refractivity contribution in [3.05, 3.63) is 69.0 Å². The Kier molecular flexibility index (Phi) is 4.61. The highest BCUT2D eigenvalue weighted by atomic mass is 35.5. The smallest absolute Gasteiger partial charge is 0.254 e. The van der Waals surface area contributed by atoms with E-state index < -0.39 is 11.9 Å². The zero-order valence-corrected chi connectivity index (χ0v) is 14.3. The SMILES string of the molecule is CN1C(=O)c2ccc(F)cc2C1C(CC=O)c1ccc(Cl)c(Cl)c1. The Bertz CT molecular complexity index is 825. The molecule has 2 atom stereocenters. The molecule has 6 heteroatoms. The average Bonchev–Trinajstić information content (AvgIpc) is 2.79. The van der Waals surface area contributed by atoms with Crippen molar-refractivity contribution >= 4 is 35.4 Å². The Morgan fingerprint density at radius 2 is 1.96 bits per heavy atom. The molecule has 0 N–H and O–H groups in total. The molecule has 1 aliphatic heterocycles. The minimum absolute atomic E-state index is 0.177. The zero-order chi connectivity index (χ0) is 17.4. The Morgan fingerprint density at radius 1 is 1.21 bits per heavy atom. The lowest BCUT2D eigenvalue weighted by Gasteiger charge is -2.29. The maximum atomic E-state index is 13.7. The van der Waals surface area contributed by atoms with Gasteiger partial charge in [-0.15, -0.1) is 0 Å². The molecule has 0 spiro atoms. The Hall–Kier alpha value is -1.91. The zero-order valence-electron chi connectivity index (χ0n) is 12.8. The summed E-state index contributed by atoms with van der Waals surface area (Å²) < 4.78 is 13.7. The highest BCUT2D eigenvalue weighted by Gasteiger charge is 2.39. The highest BCUT2D eigenvalue weighted by Crippen LogP contribution is 2.44. The van der Waals surface area contributed by atoms with Crippen molar-refractivity contribution in [1.29, 1.82) is 0 Å². The first-order valence-corrected chi connectivity index (χ1v) is 8.14. The van der Waals surface area contributed by atoms with Gasteiger partial charge in [0.15, 0.2) is 0 Å². The molecule has 1 aliphatic rings. The van der Waals surface area contributed by atoms with Gasteiger partial charge in [-0.25, -0.2) is 4.39 Å². The van der Waals surface area contributed by atoms with Crippen LogP contribution in [-0.2, 0) is 4.79 Å². The second-order valence-electron chi connectivity index (χ2n) is 5.77. The van der Waals surface area contributed by atoms with Crippen LogP contribution >= 0.6 is 23.2 Å². The molecule has 0 aromatic heterocycles. The highest BCUT2D eigenvalue weighted by molar-refractivity contribution is 6.42. The number of carbonyl (C=O) groups is 2. The van der Waals surface area contributed by atoms with Gasteiger partial charge in [0.05, 0.1) is 16.1 Å². The summed E-state index contributed by atoms with van der Waals surface area (Å²) in [5.74, 6) is -0.943. The third-order valence-corrected chi connectivity index (χ3v) is 5.14. The topological polar surface area (TPSA) is 37.4 Å². The van der Waals surface area contributed by atoms with Crippen LogP contribution in [0.15, 0.2) is 36.4 Å². The maximum Gasteiger partial charge on any atom is 0.254 e. The summed E-state index contributed by atoms with van der Waals surface area (Å²) in [6.45, 7) is 0. The predicted octanol–water partition coefficient (Wildman–Crippen LogP) is 4.63. The van der Waals surface area contributed by atoms with Crippen molar-refractivity contribution in [2.75, 3.05) is 7.05 Å². The summed E-state index contributed by atoms with van der Waals surface area (Å²) in [7, 11) is 1.65. The number of amides is 1. The van der Waals surface area contributed by atoms with E-state index in [-0.39, 0.29) is 18.2 Å². The summed E-state index contributed by atoms with van der Waals surface area (Å²) in [5.41, 5.74) is 1.82. The van der Waals surface area contributed by atoms with Gasteiger partial charge in [-0.2, -0.15) is 0 Å². The summed E-state index contributed by atoms with van der Waals surface area (Å²) in [4.78, 5) is 25.2. The molecule has 3 rings (SSSR count). The summed E-state index contributed by atoms with van der Waals surface area (Å²) in [6.07, 6.45) is 0.971. The summed E-state index contributed by atoms with van der Waals surface area (Å²) in [5, 5.41) is 0.782. The van der Waals surface area contributed by atoms with Gasteiger partial charge in [0.2, 0.25) is 0 Å². The lowest BCUT2D eigenvalue weighted by Crippen LogP contribution is -2.28. The molecule has 2 aromatic rings. The molecule has 124 valence electrons.